The summed E-state index contributed by atoms with van der Waals surface area (Å²) in [5.74, 6) is 1.10. The Kier molecular flexibility index (Phi) is 3.87. The summed E-state index contributed by atoms with van der Waals surface area (Å²) >= 11 is 3.57. The largest absolute Gasteiger partial charge is 0.493 e. The molecule has 1 atom stereocenters. The Morgan fingerprint density at radius 3 is 3.06 bits per heavy atom. The first-order valence-electron chi connectivity index (χ1n) is 5.91. The third-order valence-corrected chi connectivity index (χ3v) is 3.40. The molecule has 88 valence electrons. The molecule has 1 aliphatic heterocycles. The zero-order valence-electron chi connectivity index (χ0n) is 9.85. The monoisotopic (exact) mass is 283 g/mol. The van der Waals surface area contributed by atoms with Crippen LogP contribution in [0.15, 0.2) is 16.6 Å². The van der Waals surface area contributed by atoms with Crippen LogP contribution in [0.5, 0.6) is 5.75 Å². The number of benzene rings is 1. The van der Waals surface area contributed by atoms with E-state index in [-0.39, 0.29) is 0 Å². The van der Waals surface area contributed by atoms with Gasteiger partial charge in [-0.05, 0) is 37.6 Å². The maximum absolute atomic E-state index is 5.72. The van der Waals surface area contributed by atoms with Crippen LogP contribution < -0.4 is 10.1 Å². The van der Waals surface area contributed by atoms with Crippen molar-refractivity contribution in [2.24, 2.45) is 0 Å². The molecule has 1 N–H and O–H groups in total. The molecule has 0 radical (unpaired) electrons. The van der Waals surface area contributed by atoms with E-state index in [4.69, 9.17) is 4.74 Å². The second-order valence-corrected chi connectivity index (χ2v) is 5.17. The quantitative estimate of drug-likeness (QED) is 0.914. The molecule has 1 aromatic rings. The Labute approximate surface area is 106 Å². The van der Waals surface area contributed by atoms with Crippen LogP contribution in [0.4, 0.5) is 0 Å². The van der Waals surface area contributed by atoms with Crippen LogP contribution in [0.2, 0.25) is 0 Å². The van der Waals surface area contributed by atoms with Crippen LogP contribution >= 0.6 is 15.9 Å². The zero-order chi connectivity index (χ0) is 11.5. The first kappa shape index (κ1) is 11.9. The van der Waals surface area contributed by atoms with Crippen molar-refractivity contribution < 1.29 is 4.74 Å². The van der Waals surface area contributed by atoms with Crippen molar-refractivity contribution >= 4 is 15.9 Å². The van der Waals surface area contributed by atoms with E-state index >= 15 is 0 Å². The summed E-state index contributed by atoms with van der Waals surface area (Å²) in [6.07, 6.45) is 2.18. The highest BCUT2D eigenvalue weighted by Gasteiger charge is 2.20. The van der Waals surface area contributed by atoms with E-state index in [1.165, 1.54) is 11.1 Å². The van der Waals surface area contributed by atoms with Crippen molar-refractivity contribution in [2.75, 3.05) is 13.2 Å². The lowest BCUT2D eigenvalue weighted by Gasteiger charge is -2.17. The lowest BCUT2D eigenvalue weighted by Crippen LogP contribution is -2.19. The molecule has 2 rings (SSSR count). The van der Waals surface area contributed by atoms with Gasteiger partial charge in [-0.1, -0.05) is 22.9 Å². The van der Waals surface area contributed by atoms with Crippen molar-refractivity contribution in [3.63, 3.8) is 0 Å². The van der Waals surface area contributed by atoms with E-state index in [0.29, 0.717) is 6.04 Å². The topological polar surface area (TPSA) is 21.3 Å². The highest BCUT2D eigenvalue weighted by molar-refractivity contribution is 9.10. The molecule has 1 aromatic carbocycles. The number of hydrogen-bond donors (Lipinski definition) is 1. The van der Waals surface area contributed by atoms with Gasteiger partial charge >= 0.3 is 0 Å². The van der Waals surface area contributed by atoms with Crippen molar-refractivity contribution in [2.45, 2.75) is 32.7 Å². The fraction of sp³-hybridized carbons (Fsp3) is 0.538. The third kappa shape index (κ3) is 2.41. The van der Waals surface area contributed by atoms with Crippen LogP contribution in [0.25, 0.3) is 0 Å². The SMILES string of the molecule is CCCNC(C)c1cc(Br)cc2c1OCC2. The number of hydrogen-bond acceptors (Lipinski definition) is 2. The second-order valence-electron chi connectivity index (χ2n) is 4.26. The summed E-state index contributed by atoms with van der Waals surface area (Å²) in [6, 6.07) is 4.68. The highest BCUT2D eigenvalue weighted by Crippen LogP contribution is 2.36. The van der Waals surface area contributed by atoms with Gasteiger partial charge in [-0.15, -0.1) is 0 Å². The number of nitrogens with one attached hydrogen (secondary N) is 1. The van der Waals surface area contributed by atoms with Gasteiger partial charge in [-0.3, -0.25) is 0 Å². The maximum atomic E-state index is 5.72. The molecule has 0 bridgehead atoms. The van der Waals surface area contributed by atoms with Gasteiger partial charge in [0.15, 0.2) is 0 Å². The smallest absolute Gasteiger partial charge is 0.127 e. The Morgan fingerprint density at radius 2 is 2.31 bits per heavy atom. The zero-order valence-corrected chi connectivity index (χ0v) is 11.4. The summed E-state index contributed by atoms with van der Waals surface area (Å²) in [6.45, 7) is 6.24. The van der Waals surface area contributed by atoms with E-state index in [1.807, 2.05) is 0 Å². The molecule has 1 heterocycles. The molecule has 2 nitrogen and oxygen atoms in total. The van der Waals surface area contributed by atoms with Gasteiger partial charge in [0.1, 0.15) is 5.75 Å². The molecule has 0 amide bonds. The molecule has 1 unspecified atom stereocenters. The summed E-state index contributed by atoms with van der Waals surface area (Å²) in [7, 11) is 0. The van der Waals surface area contributed by atoms with Crippen LogP contribution in [-0.2, 0) is 6.42 Å². The lowest BCUT2D eigenvalue weighted by molar-refractivity contribution is 0.349. The van der Waals surface area contributed by atoms with Crippen molar-refractivity contribution in [1.29, 1.82) is 0 Å². The van der Waals surface area contributed by atoms with E-state index in [1.54, 1.807) is 0 Å². The van der Waals surface area contributed by atoms with Crippen LogP contribution in [-0.4, -0.2) is 13.2 Å². The number of fused-ring (bicyclic) bond motifs is 1. The van der Waals surface area contributed by atoms with E-state index in [2.05, 4.69) is 47.2 Å². The predicted octanol–water partition coefficient (Wildman–Crippen LogP) is 3.44. The van der Waals surface area contributed by atoms with Crippen molar-refractivity contribution in [3.8, 4) is 5.75 Å². The van der Waals surface area contributed by atoms with E-state index < -0.39 is 0 Å². The number of rotatable bonds is 4. The molecular formula is C13H18BrNO. The summed E-state index contributed by atoms with van der Waals surface area (Å²) in [4.78, 5) is 0. The standard InChI is InChI=1S/C13H18BrNO/c1-3-5-15-9(2)12-8-11(14)7-10-4-6-16-13(10)12/h7-9,15H,3-6H2,1-2H3. The number of ether oxygens (including phenoxy) is 1. The third-order valence-electron chi connectivity index (χ3n) is 2.94. The fourth-order valence-electron chi connectivity index (χ4n) is 2.09. The molecule has 0 fully saturated rings. The minimum absolute atomic E-state index is 0.351. The minimum Gasteiger partial charge on any atom is -0.493 e. The summed E-state index contributed by atoms with van der Waals surface area (Å²) < 4.78 is 6.87. The van der Waals surface area contributed by atoms with E-state index in [9.17, 15) is 0 Å². The normalized spacial score (nSPS) is 15.7. The van der Waals surface area contributed by atoms with Gasteiger partial charge in [0.05, 0.1) is 6.61 Å². The average Bonchev–Trinajstić information content (AvgIpc) is 2.72. The first-order valence-corrected chi connectivity index (χ1v) is 6.70. The van der Waals surface area contributed by atoms with Gasteiger partial charge in [0.2, 0.25) is 0 Å². The van der Waals surface area contributed by atoms with Gasteiger partial charge < -0.3 is 10.1 Å². The van der Waals surface area contributed by atoms with E-state index in [0.717, 1.165) is 36.2 Å². The lowest BCUT2D eigenvalue weighted by atomic mass is 10.0. The maximum Gasteiger partial charge on any atom is 0.127 e. The molecule has 0 spiro atoms. The van der Waals surface area contributed by atoms with Gasteiger partial charge in [0.25, 0.3) is 0 Å². The first-order chi connectivity index (χ1) is 7.72. The van der Waals surface area contributed by atoms with Gasteiger partial charge in [0, 0.05) is 22.5 Å². The Bertz CT molecular complexity index is 378. The van der Waals surface area contributed by atoms with Crippen LogP contribution in [0.1, 0.15) is 37.4 Å². The summed E-state index contributed by atoms with van der Waals surface area (Å²) in [5.41, 5.74) is 2.60. The Morgan fingerprint density at radius 1 is 1.50 bits per heavy atom. The molecule has 1 aliphatic rings. The number of halogens is 1. The molecule has 3 heteroatoms. The van der Waals surface area contributed by atoms with Crippen LogP contribution in [0.3, 0.4) is 0 Å². The Hall–Kier alpha value is -0.540. The predicted molar refractivity (Wildman–Crippen MR) is 70.0 cm³/mol. The summed E-state index contributed by atoms with van der Waals surface area (Å²) in [5, 5.41) is 3.50. The molecule has 0 saturated heterocycles. The van der Waals surface area contributed by atoms with Gasteiger partial charge in [-0.25, -0.2) is 0 Å². The molecule has 0 aromatic heterocycles. The highest BCUT2D eigenvalue weighted by atomic mass is 79.9. The Balaban J connectivity index is 2.26. The average molecular weight is 284 g/mol. The van der Waals surface area contributed by atoms with Crippen molar-refractivity contribution in [1.82, 2.24) is 5.32 Å². The molecule has 16 heavy (non-hydrogen) atoms. The molecular weight excluding hydrogens is 266 g/mol. The molecule has 0 aliphatic carbocycles. The minimum atomic E-state index is 0.351. The van der Waals surface area contributed by atoms with Crippen LogP contribution in [0, 0.1) is 0 Å². The second kappa shape index (κ2) is 5.19. The molecule has 0 saturated carbocycles. The van der Waals surface area contributed by atoms with Crippen molar-refractivity contribution in [3.05, 3.63) is 27.7 Å². The fourth-order valence-corrected chi connectivity index (χ4v) is 2.61. The van der Waals surface area contributed by atoms with Gasteiger partial charge in [-0.2, -0.15) is 0 Å².